The number of hydrogen-bond donors (Lipinski definition) is 0. The van der Waals surface area contributed by atoms with Gasteiger partial charge in [-0.3, -0.25) is 0 Å². The van der Waals surface area contributed by atoms with Crippen molar-refractivity contribution >= 4 is 87.6 Å². The average Bonchev–Trinajstić information content (AvgIpc) is 4.19. The molecule has 0 unspecified atom stereocenters. The van der Waals surface area contributed by atoms with E-state index >= 15 is 0 Å². The fraction of sp³-hybridized carbons (Fsp3) is 0. The SMILES string of the molecule is c1ccc(-c2nc(-c3ccc4c(c3)oc3ccccc34)cc(-c3cccc4oc5ccc(-c6cccc7oc8c(-c9ccc%10c(c9)c9ccccc9n%10-c9ccccc9)cccc8c67)cc5c34)n2)cc1. The first-order valence-corrected chi connectivity index (χ1v) is 23.5. The number of nitrogens with zero attached hydrogens (tertiary/aromatic N) is 3. The van der Waals surface area contributed by atoms with E-state index in [1.54, 1.807) is 0 Å². The standard InChI is InChI=1S/C64H37N3O3/c1-3-14-38(15-4-1)64-65-52(41-28-31-47-46-19-8-10-25-56(46)69-60(47)36-41)37-53(66-64)48-22-13-26-58-62(48)51-35-39(30-33-57(51)68-58)43-20-12-27-59-61(43)49-23-11-21-44(63(49)70-59)40-29-32-55-50(34-40)45-18-7-9-24-54(45)67(55)42-16-5-2-6-17-42/h1-37H. The minimum absolute atomic E-state index is 0.639. The van der Waals surface area contributed by atoms with Gasteiger partial charge in [-0.2, -0.15) is 0 Å². The van der Waals surface area contributed by atoms with Gasteiger partial charge in [0.2, 0.25) is 0 Å². The molecule has 0 spiro atoms. The van der Waals surface area contributed by atoms with Crippen LogP contribution in [0.25, 0.3) is 149 Å². The number of rotatable bonds is 6. The van der Waals surface area contributed by atoms with Crippen LogP contribution in [0, 0.1) is 0 Å². The highest BCUT2D eigenvalue weighted by molar-refractivity contribution is 6.18. The largest absolute Gasteiger partial charge is 0.456 e. The van der Waals surface area contributed by atoms with Gasteiger partial charge in [-0.1, -0.05) is 146 Å². The van der Waals surface area contributed by atoms with Crippen LogP contribution in [0.1, 0.15) is 0 Å². The average molecular weight is 896 g/mol. The van der Waals surface area contributed by atoms with Gasteiger partial charge >= 0.3 is 0 Å². The predicted molar refractivity (Wildman–Crippen MR) is 285 cm³/mol. The highest BCUT2D eigenvalue weighted by Gasteiger charge is 2.21. The highest BCUT2D eigenvalue weighted by Crippen LogP contribution is 2.45. The molecule has 0 aliphatic carbocycles. The minimum atomic E-state index is 0.639. The highest BCUT2D eigenvalue weighted by atomic mass is 16.3. The van der Waals surface area contributed by atoms with Crippen LogP contribution in [-0.2, 0) is 0 Å². The summed E-state index contributed by atoms with van der Waals surface area (Å²) in [6, 6.07) is 78.3. The summed E-state index contributed by atoms with van der Waals surface area (Å²) in [4.78, 5) is 10.4. The second-order valence-electron chi connectivity index (χ2n) is 18.0. The summed E-state index contributed by atoms with van der Waals surface area (Å²) >= 11 is 0. The topological polar surface area (TPSA) is 70.1 Å². The van der Waals surface area contributed by atoms with Crippen LogP contribution in [0.4, 0.5) is 0 Å². The van der Waals surface area contributed by atoms with Crippen LogP contribution in [0.15, 0.2) is 238 Å². The third-order valence-electron chi connectivity index (χ3n) is 14.0. The Labute approximate surface area is 399 Å². The maximum absolute atomic E-state index is 6.88. The minimum Gasteiger partial charge on any atom is -0.456 e. The summed E-state index contributed by atoms with van der Waals surface area (Å²) in [5.41, 5.74) is 17.2. The second kappa shape index (κ2) is 15.0. The van der Waals surface area contributed by atoms with E-state index in [4.69, 9.17) is 23.2 Å². The fourth-order valence-corrected chi connectivity index (χ4v) is 10.9. The molecule has 0 radical (unpaired) electrons. The fourth-order valence-electron chi connectivity index (χ4n) is 10.9. The molecule has 5 aromatic heterocycles. The summed E-state index contributed by atoms with van der Waals surface area (Å²) < 4.78 is 22.2. The maximum atomic E-state index is 6.88. The van der Waals surface area contributed by atoms with Crippen LogP contribution in [-0.4, -0.2) is 14.5 Å². The summed E-state index contributed by atoms with van der Waals surface area (Å²) in [5.74, 6) is 0.639. The van der Waals surface area contributed by atoms with E-state index in [1.807, 2.05) is 48.5 Å². The monoisotopic (exact) mass is 895 g/mol. The van der Waals surface area contributed by atoms with Crippen LogP contribution in [0.5, 0.6) is 0 Å². The van der Waals surface area contributed by atoms with Crippen molar-refractivity contribution in [3.05, 3.63) is 224 Å². The Morgan fingerprint density at radius 3 is 1.77 bits per heavy atom. The number of hydrogen-bond acceptors (Lipinski definition) is 5. The molecule has 0 amide bonds. The van der Waals surface area contributed by atoms with E-state index in [9.17, 15) is 0 Å². The predicted octanol–water partition coefficient (Wildman–Crippen LogP) is 17.6. The van der Waals surface area contributed by atoms with Gasteiger partial charge in [0.15, 0.2) is 5.82 Å². The van der Waals surface area contributed by atoms with E-state index in [0.29, 0.717) is 5.82 Å². The van der Waals surface area contributed by atoms with Crippen LogP contribution in [0.2, 0.25) is 0 Å². The van der Waals surface area contributed by atoms with Crippen LogP contribution < -0.4 is 0 Å². The number of aromatic nitrogens is 3. The van der Waals surface area contributed by atoms with Crippen molar-refractivity contribution in [2.75, 3.05) is 0 Å². The second-order valence-corrected chi connectivity index (χ2v) is 18.0. The molecule has 10 aromatic carbocycles. The van der Waals surface area contributed by atoms with E-state index < -0.39 is 0 Å². The van der Waals surface area contributed by atoms with Crippen LogP contribution in [0.3, 0.4) is 0 Å². The molecular weight excluding hydrogens is 859 g/mol. The molecule has 70 heavy (non-hydrogen) atoms. The molecule has 0 saturated heterocycles. The molecule has 5 heterocycles. The summed E-state index contributed by atoms with van der Waals surface area (Å²) in [6.07, 6.45) is 0. The van der Waals surface area contributed by atoms with Gasteiger partial charge < -0.3 is 17.8 Å². The van der Waals surface area contributed by atoms with E-state index in [-0.39, 0.29) is 0 Å². The Bertz CT molecular complexity index is 4590. The van der Waals surface area contributed by atoms with Crippen molar-refractivity contribution in [3.63, 3.8) is 0 Å². The van der Waals surface area contributed by atoms with E-state index in [2.05, 4.69) is 180 Å². The van der Waals surface area contributed by atoms with Gasteiger partial charge in [0.25, 0.3) is 0 Å². The van der Waals surface area contributed by atoms with Crippen molar-refractivity contribution in [2.45, 2.75) is 0 Å². The summed E-state index contributed by atoms with van der Waals surface area (Å²) in [5, 5.41) is 8.71. The van der Waals surface area contributed by atoms with E-state index in [1.165, 1.54) is 16.3 Å². The first-order valence-electron chi connectivity index (χ1n) is 23.5. The number of benzene rings is 10. The Balaban J connectivity index is 0.879. The third kappa shape index (κ3) is 5.87. The molecule has 0 aliphatic heterocycles. The maximum Gasteiger partial charge on any atom is 0.160 e. The first kappa shape index (κ1) is 38.6. The Morgan fingerprint density at radius 1 is 0.300 bits per heavy atom. The molecule has 0 saturated carbocycles. The van der Waals surface area contributed by atoms with Crippen LogP contribution >= 0.6 is 0 Å². The Hall–Kier alpha value is -9.52. The smallest absolute Gasteiger partial charge is 0.160 e. The van der Waals surface area contributed by atoms with Crippen molar-refractivity contribution in [1.82, 2.24) is 14.5 Å². The summed E-state index contributed by atoms with van der Waals surface area (Å²) in [6.45, 7) is 0. The third-order valence-corrected chi connectivity index (χ3v) is 14.0. The lowest BCUT2D eigenvalue weighted by Gasteiger charge is -2.10. The lowest BCUT2D eigenvalue weighted by atomic mass is 9.95. The first-order chi connectivity index (χ1) is 34.7. The normalized spacial score (nSPS) is 12.0. The molecule has 15 aromatic rings. The van der Waals surface area contributed by atoms with Gasteiger partial charge in [-0.15, -0.1) is 0 Å². The number of para-hydroxylation sites is 4. The van der Waals surface area contributed by atoms with Crippen molar-refractivity contribution < 1.29 is 13.3 Å². The van der Waals surface area contributed by atoms with Gasteiger partial charge in [0, 0.05) is 71.0 Å². The lowest BCUT2D eigenvalue weighted by molar-refractivity contribution is 0.668. The quantitative estimate of drug-likeness (QED) is 0.166. The van der Waals surface area contributed by atoms with Gasteiger partial charge in [-0.25, -0.2) is 9.97 Å². The molecule has 0 aliphatic rings. The molecule has 15 rings (SSSR count). The van der Waals surface area contributed by atoms with Crippen molar-refractivity contribution in [3.8, 4) is 61.8 Å². The molecule has 0 bridgehead atoms. The summed E-state index contributed by atoms with van der Waals surface area (Å²) in [7, 11) is 0. The molecule has 0 fully saturated rings. The lowest BCUT2D eigenvalue weighted by Crippen LogP contribution is -1.96. The Morgan fingerprint density at radius 2 is 0.886 bits per heavy atom. The van der Waals surface area contributed by atoms with E-state index in [0.717, 1.165) is 127 Å². The molecule has 6 nitrogen and oxygen atoms in total. The van der Waals surface area contributed by atoms with Crippen molar-refractivity contribution in [1.29, 1.82) is 0 Å². The zero-order valence-electron chi connectivity index (χ0n) is 37.4. The molecule has 0 N–H and O–H groups in total. The molecular formula is C64H37N3O3. The Kier molecular flexibility index (Phi) is 8.26. The molecule has 326 valence electrons. The zero-order chi connectivity index (χ0) is 45.9. The molecule has 6 heteroatoms. The molecule has 0 atom stereocenters. The van der Waals surface area contributed by atoms with Crippen molar-refractivity contribution in [2.24, 2.45) is 0 Å². The van der Waals surface area contributed by atoms with Gasteiger partial charge in [-0.05, 0) is 95.6 Å². The zero-order valence-corrected chi connectivity index (χ0v) is 37.4. The number of fused-ring (bicyclic) bond motifs is 12. The number of furan rings is 3. The van der Waals surface area contributed by atoms with Gasteiger partial charge in [0.05, 0.1) is 22.4 Å². The van der Waals surface area contributed by atoms with Gasteiger partial charge in [0.1, 0.15) is 33.5 Å².